The first kappa shape index (κ1) is 17.2. The Balaban J connectivity index is 1.56. The predicted octanol–water partition coefficient (Wildman–Crippen LogP) is 1.62. The van der Waals surface area contributed by atoms with Gasteiger partial charge < -0.3 is 15.0 Å². The number of benzene rings is 1. The molecule has 1 amide bonds. The fraction of sp³-hybridized carbons (Fsp3) is 0.250. The quantitative estimate of drug-likeness (QED) is 0.739. The monoisotopic (exact) mass is 364 g/mol. The summed E-state index contributed by atoms with van der Waals surface area (Å²) < 4.78 is 1.81. The average Bonchev–Trinajstić information content (AvgIpc) is 3.11. The standard InChI is InChI=1S/C20H20N4O3/c1-13-7-8-16(19(26)21-13)20(27)23-9-10-24-15(12-23)11-17(22-24)18(25)14-5-3-2-4-6-14/h2-8,11,18,25H,9-10,12H2,1H3,(H,21,26)/t18-/m1/s1. The van der Waals surface area contributed by atoms with E-state index in [1.165, 1.54) is 0 Å². The number of hydrogen-bond acceptors (Lipinski definition) is 4. The fourth-order valence-corrected chi connectivity index (χ4v) is 3.31. The number of aromatic amines is 1. The molecule has 3 aromatic rings. The molecule has 2 aromatic heterocycles. The molecule has 0 saturated carbocycles. The number of fused-ring (bicyclic) bond motifs is 1. The normalized spacial score (nSPS) is 14.7. The topological polar surface area (TPSA) is 91.2 Å². The molecule has 1 aliphatic rings. The minimum Gasteiger partial charge on any atom is -0.382 e. The van der Waals surface area contributed by atoms with Gasteiger partial charge in [0.1, 0.15) is 11.7 Å². The zero-order valence-corrected chi connectivity index (χ0v) is 14.9. The third kappa shape index (κ3) is 3.29. The Morgan fingerprint density at radius 2 is 1.96 bits per heavy atom. The summed E-state index contributed by atoms with van der Waals surface area (Å²) >= 11 is 0. The van der Waals surface area contributed by atoms with Gasteiger partial charge in [-0.25, -0.2) is 0 Å². The largest absolute Gasteiger partial charge is 0.382 e. The number of hydrogen-bond donors (Lipinski definition) is 2. The molecule has 7 nitrogen and oxygen atoms in total. The molecule has 0 fully saturated rings. The Morgan fingerprint density at radius 3 is 2.70 bits per heavy atom. The van der Waals surface area contributed by atoms with Crippen LogP contribution < -0.4 is 5.56 Å². The number of pyridine rings is 1. The molecule has 138 valence electrons. The maximum atomic E-state index is 12.7. The Bertz CT molecular complexity index is 1040. The van der Waals surface area contributed by atoms with Crippen LogP contribution in [0.1, 0.15) is 39.1 Å². The molecular weight excluding hydrogens is 344 g/mol. The molecule has 1 atom stereocenters. The van der Waals surface area contributed by atoms with E-state index in [1.54, 1.807) is 24.0 Å². The Hall–Kier alpha value is -3.19. The number of carbonyl (C=O) groups is 1. The predicted molar refractivity (Wildman–Crippen MR) is 99.3 cm³/mol. The van der Waals surface area contributed by atoms with Crippen LogP contribution in [-0.2, 0) is 13.1 Å². The molecule has 4 rings (SSSR count). The van der Waals surface area contributed by atoms with E-state index in [1.807, 2.05) is 41.1 Å². The lowest BCUT2D eigenvalue weighted by Crippen LogP contribution is -2.40. The summed E-state index contributed by atoms with van der Waals surface area (Å²) in [5.74, 6) is -0.297. The Kier molecular flexibility index (Phi) is 4.37. The van der Waals surface area contributed by atoms with Gasteiger partial charge in [-0.1, -0.05) is 30.3 Å². The lowest BCUT2D eigenvalue weighted by Gasteiger charge is -2.27. The van der Waals surface area contributed by atoms with E-state index in [0.717, 1.165) is 11.3 Å². The van der Waals surface area contributed by atoms with E-state index in [9.17, 15) is 14.7 Å². The first-order valence-corrected chi connectivity index (χ1v) is 8.82. The van der Waals surface area contributed by atoms with Crippen molar-refractivity contribution in [2.45, 2.75) is 26.1 Å². The lowest BCUT2D eigenvalue weighted by atomic mass is 10.1. The van der Waals surface area contributed by atoms with Crippen LogP contribution in [0.3, 0.4) is 0 Å². The number of amides is 1. The number of rotatable bonds is 3. The van der Waals surface area contributed by atoms with Gasteiger partial charge in [-0.15, -0.1) is 0 Å². The minimum absolute atomic E-state index is 0.137. The van der Waals surface area contributed by atoms with Crippen LogP contribution in [0.2, 0.25) is 0 Å². The Morgan fingerprint density at radius 1 is 1.19 bits per heavy atom. The summed E-state index contributed by atoms with van der Waals surface area (Å²) in [4.78, 5) is 29.1. The van der Waals surface area contributed by atoms with E-state index in [0.29, 0.717) is 31.0 Å². The number of aliphatic hydroxyl groups excluding tert-OH is 1. The van der Waals surface area contributed by atoms with Gasteiger partial charge >= 0.3 is 0 Å². The van der Waals surface area contributed by atoms with E-state index < -0.39 is 6.10 Å². The van der Waals surface area contributed by atoms with Crippen molar-refractivity contribution in [3.63, 3.8) is 0 Å². The zero-order valence-electron chi connectivity index (χ0n) is 14.9. The molecule has 0 aliphatic carbocycles. The maximum absolute atomic E-state index is 12.7. The summed E-state index contributed by atoms with van der Waals surface area (Å²) in [5.41, 5.74) is 2.64. The first-order valence-electron chi connectivity index (χ1n) is 8.82. The van der Waals surface area contributed by atoms with Crippen molar-refractivity contribution < 1.29 is 9.90 Å². The summed E-state index contributed by atoms with van der Waals surface area (Å²) in [6, 6.07) is 14.4. The second-order valence-electron chi connectivity index (χ2n) is 6.71. The van der Waals surface area contributed by atoms with Gasteiger partial charge in [0.2, 0.25) is 0 Å². The molecule has 3 heterocycles. The molecule has 7 heteroatoms. The number of nitrogens with one attached hydrogen (secondary N) is 1. The number of aryl methyl sites for hydroxylation is 1. The van der Waals surface area contributed by atoms with Crippen molar-refractivity contribution in [1.82, 2.24) is 19.7 Å². The number of aromatic nitrogens is 3. The highest BCUT2D eigenvalue weighted by atomic mass is 16.3. The van der Waals surface area contributed by atoms with Gasteiger partial charge in [0.15, 0.2) is 0 Å². The van der Waals surface area contributed by atoms with Crippen LogP contribution in [0.4, 0.5) is 0 Å². The smallest absolute Gasteiger partial charge is 0.260 e. The van der Waals surface area contributed by atoms with Crippen LogP contribution in [-0.4, -0.2) is 37.2 Å². The SMILES string of the molecule is Cc1ccc(C(=O)N2CCn3nc([C@H](O)c4ccccc4)cc3C2)c(=O)[nH]1. The van der Waals surface area contributed by atoms with Crippen LogP contribution in [0.5, 0.6) is 0 Å². The molecule has 0 unspecified atom stereocenters. The van der Waals surface area contributed by atoms with Crippen LogP contribution >= 0.6 is 0 Å². The minimum atomic E-state index is -0.812. The number of nitrogens with zero attached hydrogens (tertiary/aromatic N) is 3. The highest BCUT2D eigenvalue weighted by Crippen LogP contribution is 2.24. The van der Waals surface area contributed by atoms with Crippen molar-refractivity contribution >= 4 is 5.91 Å². The Labute approximate surface area is 155 Å². The molecule has 1 aliphatic heterocycles. The third-order valence-electron chi connectivity index (χ3n) is 4.79. The zero-order chi connectivity index (χ0) is 19.0. The van der Waals surface area contributed by atoms with Gasteiger partial charge in [0, 0.05) is 12.2 Å². The summed E-state index contributed by atoms with van der Waals surface area (Å²) in [6.45, 7) is 3.10. The fourth-order valence-electron chi connectivity index (χ4n) is 3.31. The van der Waals surface area contributed by atoms with Gasteiger partial charge in [-0.05, 0) is 30.7 Å². The average molecular weight is 364 g/mol. The second kappa shape index (κ2) is 6.85. The number of H-pyrrole nitrogens is 1. The summed E-state index contributed by atoms with van der Waals surface area (Å²) in [6.07, 6.45) is -0.812. The molecule has 2 N–H and O–H groups in total. The van der Waals surface area contributed by atoms with Crippen molar-refractivity contribution in [1.29, 1.82) is 0 Å². The van der Waals surface area contributed by atoms with Crippen LogP contribution in [0.25, 0.3) is 0 Å². The summed E-state index contributed by atoms with van der Waals surface area (Å²) in [7, 11) is 0. The van der Waals surface area contributed by atoms with Crippen molar-refractivity contribution in [3.05, 3.63) is 87.1 Å². The van der Waals surface area contributed by atoms with Crippen LogP contribution in [0.15, 0.2) is 53.3 Å². The van der Waals surface area contributed by atoms with Crippen molar-refractivity contribution in [2.75, 3.05) is 6.54 Å². The molecule has 27 heavy (non-hydrogen) atoms. The van der Waals surface area contributed by atoms with Crippen LogP contribution in [0, 0.1) is 6.92 Å². The maximum Gasteiger partial charge on any atom is 0.260 e. The number of carbonyl (C=O) groups excluding carboxylic acids is 1. The number of aliphatic hydroxyl groups is 1. The van der Waals surface area contributed by atoms with E-state index in [2.05, 4.69) is 10.1 Å². The van der Waals surface area contributed by atoms with E-state index >= 15 is 0 Å². The van der Waals surface area contributed by atoms with E-state index in [4.69, 9.17) is 0 Å². The summed E-state index contributed by atoms with van der Waals surface area (Å²) in [5, 5.41) is 15.0. The molecule has 1 aromatic carbocycles. The van der Waals surface area contributed by atoms with Gasteiger partial charge in [-0.2, -0.15) is 5.10 Å². The third-order valence-corrected chi connectivity index (χ3v) is 4.79. The molecule has 0 radical (unpaired) electrons. The van der Waals surface area contributed by atoms with Gasteiger partial charge in [-0.3, -0.25) is 14.3 Å². The highest BCUT2D eigenvalue weighted by Gasteiger charge is 2.26. The lowest BCUT2D eigenvalue weighted by molar-refractivity contribution is 0.0704. The van der Waals surface area contributed by atoms with Crippen molar-refractivity contribution in [3.8, 4) is 0 Å². The van der Waals surface area contributed by atoms with Gasteiger partial charge in [0.05, 0.1) is 24.5 Å². The molecule has 0 saturated heterocycles. The molecule has 0 spiro atoms. The second-order valence-corrected chi connectivity index (χ2v) is 6.71. The van der Waals surface area contributed by atoms with E-state index in [-0.39, 0.29) is 17.0 Å². The first-order chi connectivity index (χ1) is 13.0. The molecule has 0 bridgehead atoms. The highest BCUT2D eigenvalue weighted by molar-refractivity contribution is 5.93. The van der Waals surface area contributed by atoms with Crippen molar-refractivity contribution in [2.24, 2.45) is 0 Å². The molecular formula is C20H20N4O3. The van der Waals surface area contributed by atoms with Gasteiger partial charge in [0.25, 0.3) is 11.5 Å².